The molecule has 1 amide bonds. The van der Waals surface area contributed by atoms with Crippen molar-refractivity contribution in [3.05, 3.63) is 35.9 Å². The maximum absolute atomic E-state index is 12.1. The minimum Gasteiger partial charge on any atom is -0.481 e. The van der Waals surface area contributed by atoms with Crippen molar-refractivity contribution in [1.29, 1.82) is 0 Å². The van der Waals surface area contributed by atoms with Crippen LogP contribution in [0.5, 0.6) is 0 Å². The van der Waals surface area contributed by atoms with E-state index < -0.39 is 69.0 Å². The summed E-state index contributed by atoms with van der Waals surface area (Å²) in [6, 6.07) is 5.99. The molecule has 0 saturated heterocycles. The standard InChI is InChI=1S/C16H20NO10P/c18-13(19)7-6-11(15(21)22)9-28(25,26)27-8-12(16(23)24)17-14(20)10-4-2-1-3-5-10/h1-5,11-12H,6-9H2,(H,17,20)(H,18,19)(H,21,22)(H,23,24)(H,25,26). The van der Waals surface area contributed by atoms with Crippen LogP contribution in [0.15, 0.2) is 30.3 Å². The second-order valence-electron chi connectivity index (χ2n) is 5.81. The summed E-state index contributed by atoms with van der Waals surface area (Å²) in [5.74, 6) is -6.48. The fourth-order valence-electron chi connectivity index (χ4n) is 2.12. The Morgan fingerprint density at radius 1 is 1.04 bits per heavy atom. The topological polar surface area (TPSA) is 188 Å². The molecule has 0 heterocycles. The van der Waals surface area contributed by atoms with Crippen LogP contribution in [0.1, 0.15) is 23.2 Å². The van der Waals surface area contributed by atoms with Gasteiger partial charge in [-0.05, 0) is 18.6 Å². The van der Waals surface area contributed by atoms with E-state index >= 15 is 0 Å². The molecule has 0 aliphatic rings. The van der Waals surface area contributed by atoms with E-state index in [-0.39, 0.29) is 5.56 Å². The van der Waals surface area contributed by atoms with Gasteiger partial charge in [-0.15, -0.1) is 0 Å². The summed E-state index contributed by atoms with van der Waals surface area (Å²) in [4.78, 5) is 54.7. The second kappa shape index (κ2) is 10.5. The second-order valence-corrected chi connectivity index (χ2v) is 7.71. The number of hydrogen-bond acceptors (Lipinski definition) is 6. The van der Waals surface area contributed by atoms with Gasteiger partial charge in [0.2, 0.25) is 0 Å². The van der Waals surface area contributed by atoms with E-state index in [1.807, 2.05) is 0 Å². The van der Waals surface area contributed by atoms with Crippen molar-refractivity contribution in [2.75, 3.05) is 12.8 Å². The smallest absolute Gasteiger partial charge is 0.329 e. The normalized spacial score (nSPS) is 15.0. The number of carboxylic acid groups (broad SMARTS) is 3. The Kier molecular flexibility index (Phi) is 8.77. The van der Waals surface area contributed by atoms with Crippen LogP contribution >= 0.6 is 7.60 Å². The Morgan fingerprint density at radius 2 is 1.64 bits per heavy atom. The van der Waals surface area contributed by atoms with E-state index in [0.717, 1.165) is 0 Å². The van der Waals surface area contributed by atoms with Crippen molar-refractivity contribution in [1.82, 2.24) is 5.32 Å². The molecule has 0 fully saturated rings. The van der Waals surface area contributed by atoms with Gasteiger partial charge in [0.15, 0.2) is 6.04 Å². The largest absolute Gasteiger partial charge is 0.481 e. The van der Waals surface area contributed by atoms with Crippen molar-refractivity contribution < 1.29 is 48.5 Å². The maximum atomic E-state index is 12.1. The Labute approximate surface area is 159 Å². The lowest BCUT2D eigenvalue weighted by Gasteiger charge is -2.19. The first kappa shape index (κ1) is 23.3. The number of rotatable bonds is 12. The quantitative estimate of drug-likeness (QED) is 0.302. The first-order valence-corrected chi connectivity index (χ1v) is 9.78. The number of nitrogens with one attached hydrogen (secondary N) is 1. The summed E-state index contributed by atoms with van der Waals surface area (Å²) in [7, 11) is -4.56. The van der Waals surface area contributed by atoms with Gasteiger partial charge in [-0.1, -0.05) is 18.2 Å². The highest BCUT2D eigenvalue weighted by molar-refractivity contribution is 7.52. The van der Waals surface area contributed by atoms with Gasteiger partial charge in [-0.25, -0.2) is 4.79 Å². The third kappa shape index (κ3) is 8.30. The first-order chi connectivity index (χ1) is 13.0. The predicted octanol–water partition coefficient (Wildman–Crippen LogP) is 0.637. The van der Waals surface area contributed by atoms with E-state index in [9.17, 15) is 28.6 Å². The molecule has 0 aliphatic carbocycles. The zero-order valence-corrected chi connectivity index (χ0v) is 15.4. The lowest BCUT2D eigenvalue weighted by molar-refractivity contribution is -0.143. The van der Waals surface area contributed by atoms with Crippen molar-refractivity contribution in [2.45, 2.75) is 18.9 Å². The van der Waals surface area contributed by atoms with Gasteiger partial charge in [0.25, 0.3) is 5.91 Å². The molecule has 0 radical (unpaired) electrons. The molecule has 5 N–H and O–H groups in total. The Bertz CT molecular complexity index is 766. The lowest BCUT2D eigenvalue weighted by atomic mass is 10.1. The maximum Gasteiger partial charge on any atom is 0.329 e. The molecule has 11 nitrogen and oxygen atoms in total. The predicted molar refractivity (Wildman–Crippen MR) is 94.0 cm³/mol. The molecule has 1 aromatic carbocycles. The van der Waals surface area contributed by atoms with Crippen LogP contribution in [-0.2, 0) is 23.5 Å². The van der Waals surface area contributed by atoms with E-state index in [1.165, 1.54) is 12.1 Å². The number of amides is 1. The molecule has 3 unspecified atom stereocenters. The molecule has 1 rings (SSSR count). The van der Waals surface area contributed by atoms with Crippen LogP contribution in [0.25, 0.3) is 0 Å². The van der Waals surface area contributed by atoms with Crippen LogP contribution in [0.3, 0.4) is 0 Å². The SMILES string of the molecule is O=C(O)CCC(CP(=O)(O)OCC(NC(=O)c1ccccc1)C(=O)O)C(=O)O. The van der Waals surface area contributed by atoms with Crippen LogP contribution in [-0.4, -0.2) is 62.8 Å². The molecule has 12 heteroatoms. The highest BCUT2D eigenvalue weighted by Crippen LogP contribution is 2.44. The Hall–Kier alpha value is -2.75. The van der Waals surface area contributed by atoms with Crippen LogP contribution in [0.2, 0.25) is 0 Å². The fourth-order valence-corrected chi connectivity index (χ4v) is 3.50. The number of benzene rings is 1. The summed E-state index contributed by atoms with van der Waals surface area (Å²) in [6.07, 6.45) is -1.82. The zero-order chi connectivity index (χ0) is 21.3. The van der Waals surface area contributed by atoms with Crippen molar-refractivity contribution in [3.63, 3.8) is 0 Å². The van der Waals surface area contributed by atoms with E-state index in [1.54, 1.807) is 18.2 Å². The van der Waals surface area contributed by atoms with Gasteiger partial charge in [-0.3, -0.25) is 18.9 Å². The number of carbonyl (C=O) groups is 4. The van der Waals surface area contributed by atoms with Crippen LogP contribution < -0.4 is 5.32 Å². The molecule has 28 heavy (non-hydrogen) atoms. The number of hydrogen-bond donors (Lipinski definition) is 5. The van der Waals surface area contributed by atoms with Gasteiger partial charge >= 0.3 is 25.5 Å². The molecule has 1 aromatic rings. The Balaban J connectivity index is 2.70. The summed E-state index contributed by atoms with van der Waals surface area (Å²) < 4.78 is 16.8. The van der Waals surface area contributed by atoms with Gasteiger partial charge in [0.05, 0.1) is 18.7 Å². The van der Waals surface area contributed by atoms with Gasteiger partial charge in [0, 0.05) is 12.0 Å². The average molecular weight is 417 g/mol. The molecule has 154 valence electrons. The first-order valence-electron chi connectivity index (χ1n) is 8.01. The fraction of sp³-hybridized carbons (Fsp3) is 0.375. The molecule has 0 bridgehead atoms. The van der Waals surface area contributed by atoms with E-state index in [4.69, 9.17) is 15.3 Å². The van der Waals surface area contributed by atoms with Crippen LogP contribution in [0.4, 0.5) is 0 Å². The van der Waals surface area contributed by atoms with Gasteiger partial charge < -0.3 is 30.1 Å². The molecule has 0 aromatic heterocycles. The summed E-state index contributed by atoms with van der Waals surface area (Å²) in [5.41, 5.74) is 0.167. The minimum atomic E-state index is -4.56. The molecule has 0 aliphatic heterocycles. The molecule has 0 saturated carbocycles. The monoisotopic (exact) mass is 417 g/mol. The minimum absolute atomic E-state index is 0.167. The van der Waals surface area contributed by atoms with Crippen molar-refractivity contribution in [2.24, 2.45) is 5.92 Å². The van der Waals surface area contributed by atoms with Crippen molar-refractivity contribution >= 4 is 31.4 Å². The number of aliphatic carboxylic acids is 3. The third-order valence-corrected chi connectivity index (χ3v) is 5.04. The van der Waals surface area contributed by atoms with Crippen LogP contribution in [0, 0.1) is 5.92 Å². The zero-order valence-electron chi connectivity index (χ0n) is 14.6. The third-order valence-electron chi connectivity index (χ3n) is 3.59. The Morgan fingerprint density at radius 3 is 2.14 bits per heavy atom. The van der Waals surface area contributed by atoms with Gasteiger partial charge in [0.1, 0.15) is 0 Å². The molecule has 0 spiro atoms. The van der Waals surface area contributed by atoms with Crippen molar-refractivity contribution in [3.8, 4) is 0 Å². The average Bonchev–Trinajstić information content (AvgIpc) is 2.62. The van der Waals surface area contributed by atoms with E-state index in [2.05, 4.69) is 9.84 Å². The lowest BCUT2D eigenvalue weighted by Crippen LogP contribution is -2.43. The van der Waals surface area contributed by atoms with Gasteiger partial charge in [-0.2, -0.15) is 0 Å². The highest BCUT2D eigenvalue weighted by atomic mass is 31.2. The summed E-state index contributed by atoms with van der Waals surface area (Å²) >= 11 is 0. The molecular weight excluding hydrogens is 397 g/mol. The summed E-state index contributed by atoms with van der Waals surface area (Å²) in [6.45, 7) is -0.882. The highest BCUT2D eigenvalue weighted by Gasteiger charge is 2.32. The molecular formula is C16H20NO10P. The van der Waals surface area contributed by atoms with E-state index in [0.29, 0.717) is 0 Å². The molecule has 3 atom stereocenters. The number of carboxylic acids is 3. The number of carbonyl (C=O) groups excluding carboxylic acids is 1. The summed E-state index contributed by atoms with van der Waals surface area (Å²) in [5, 5.41) is 28.9.